The van der Waals surface area contributed by atoms with Crippen molar-refractivity contribution in [1.29, 1.82) is 0 Å². The summed E-state index contributed by atoms with van der Waals surface area (Å²) in [5, 5.41) is 0. The summed E-state index contributed by atoms with van der Waals surface area (Å²) in [6, 6.07) is 10.1. The smallest absolute Gasteiger partial charge is 0.325 e. The highest BCUT2D eigenvalue weighted by Crippen LogP contribution is 2.18. The van der Waals surface area contributed by atoms with Gasteiger partial charge in [0.2, 0.25) is 5.91 Å². The molecule has 2 N–H and O–H groups in total. The molecule has 138 valence electrons. The van der Waals surface area contributed by atoms with E-state index in [4.69, 9.17) is 0 Å². The maximum atomic E-state index is 12.7. The summed E-state index contributed by atoms with van der Waals surface area (Å²) in [6.07, 6.45) is 2.72. The van der Waals surface area contributed by atoms with Gasteiger partial charge in [-0.3, -0.25) is 19.5 Å². The van der Waals surface area contributed by atoms with E-state index in [1.807, 2.05) is 35.2 Å². The monoisotopic (exact) mass is 356 g/mol. The van der Waals surface area contributed by atoms with E-state index >= 15 is 0 Å². The van der Waals surface area contributed by atoms with Crippen LogP contribution in [0, 0.1) is 0 Å². The van der Waals surface area contributed by atoms with E-state index < -0.39 is 5.69 Å². The van der Waals surface area contributed by atoms with Crippen LogP contribution < -0.4 is 11.2 Å². The lowest BCUT2D eigenvalue weighted by atomic mass is 10.1. The predicted octanol–water partition coefficient (Wildman–Crippen LogP) is 1.08. The minimum atomic E-state index is -0.509. The summed E-state index contributed by atoms with van der Waals surface area (Å²) in [5.74, 6) is 0.138. The Bertz CT molecular complexity index is 859. The van der Waals surface area contributed by atoms with Crippen molar-refractivity contribution in [2.24, 2.45) is 0 Å². The number of hydrogen-bond donors (Lipinski definition) is 2. The molecule has 26 heavy (non-hydrogen) atoms. The highest BCUT2D eigenvalue weighted by atomic mass is 16.2. The lowest BCUT2D eigenvalue weighted by Crippen LogP contribution is -2.42. The van der Waals surface area contributed by atoms with Crippen LogP contribution in [0.5, 0.6) is 0 Å². The quantitative estimate of drug-likeness (QED) is 0.839. The molecule has 2 aromatic rings. The fraction of sp³-hybridized carbons (Fsp3) is 0.421. The van der Waals surface area contributed by atoms with E-state index in [0.717, 1.165) is 12.0 Å². The Labute approximate surface area is 151 Å². The number of hydrogen-bond acceptors (Lipinski definition) is 4. The second-order valence-corrected chi connectivity index (χ2v) is 6.65. The highest BCUT2D eigenvalue weighted by Gasteiger charge is 2.28. The molecule has 1 aromatic carbocycles. The van der Waals surface area contributed by atoms with Gasteiger partial charge in [0.25, 0.3) is 5.56 Å². The van der Waals surface area contributed by atoms with Crippen LogP contribution in [-0.2, 0) is 17.9 Å². The van der Waals surface area contributed by atoms with Crippen LogP contribution in [0.1, 0.15) is 30.9 Å². The first kappa shape index (κ1) is 18.1. The minimum absolute atomic E-state index is 0.0899. The van der Waals surface area contributed by atoms with Crippen molar-refractivity contribution < 1.29 is 4.79 Å². The van der Waals surface area contributed by atoms with Gasteiger partial charge in [-0.25, -0.2) is 4.79 Å². The zero-order chi connectivity index (χ0) is 18.5. The molecule has 0 bridgehead atoms. The van der Waals surface area contributed by atoms with Gasteiger partial charge in [0.05, 0.1) is 0 Å². The normalized spacial score (nSPS) is 18.7. The molecule has 1 aliphatic rings. The van der Waals surface area contributed by atoms with Crippen molar-refractivity contribution in [1.82, 2.24) is 19.8 Å². The lowest BCUT2D eigenvalue weighted by Gasteiger charge is -2.31. The molecular weight excluding hydrogens is 332 g/mol. The average Bonchev–Trinajstić information content (AvgIpc) is 2.78. The van der Waals surface area contributed by atoms with Crippen LogP contribution in [0.4, 0.5) is 0 Å². The number of rotatable bonds is 5. The van der Waals surface area contributed by atoms with Crippen LogP contribution in [0.3, 0.4) is 0 Å². The fourth-order valence-corrected chi connectivity index (χ4v) is 3.38. The topological polar surface area (TPSA) is 89.3 Å². The summed E-state index contributed by atoms with van der Waals surface area (Å²) in [6.45, 7) is 4.39. The molecule has 7 heteroatoms. The second kappa shape index (κ2) is 8.14. The summed E-state index contributed by atoms with van der Waals surface area (Å²) in [5.41, 5.74) is 0.733. The molecule has 1 saturated heterocycles. The zero-order valence-electron chi connectivity index (χ0n) is 14.9. The SMILES string of the molecule is CCC1CN(Cc2c[nH]c(=O)[nH]c2=O)CCC(=O)N1Cc1ccccc1. The number of carbonyl (C=O) groups excluding carboxylic acids is 1. The summed E-state index contributed by atoms with van der Waals surface area (Å²) in [7, 11) is 0. The van der Waals surface area contributed by atoms with Crippen molar-refractivity contribution in [3.63, 3.8) is 0 Å². The number of carbonyl (C=O) groups is 1. The molecule has 1 amide bonds. The lowest BCUT2D eigenvalue weighted by molar-refractivity contribution is -0.133. The van der Waals surface area contributed by atoms with Crippen LogP contribution in [0.15, 0.2) is 46.1 Å². The number of aromatic amines is 2. The molecule has 2 heterocycles. The molecule has 3 rings (SSSR count). The molecule has 1 fully saturated rings. The van der Waals surface area contributed by atoms with Gasteiger partial charge in [-0.05, 0) is 12.0 Å². The number of amides is 1. The van der Waals surface area contributed by atoms with E-state index in [1.54, 1.807) is 0 Å². The Morgan fingerprint density at radius 3 is 2.58 bits per heavy atom. The Balaban J connectivity index is 1.75. The minimum Gasteiger partial charge on any atom is -0.334 e. The van der Waals surface area contributed by atoms with Crippen molar-refractivity contribution in [3.8, 4) is 0 Å². The van der Waals surface area contributed by atoms with Gasteiger partial charge in [0.1, 0.15) is 0 Å². The third-order valence-electron chi connectivity index (χ3n) is 4.83. The van der Waals surface area contributed by atoms with Crippen molar-refractivity contribution in [3.05, 3.63) is 68.5 Å². The molecule has 1 aliphatic heterocycles. The molecule has 7 nitrogen and oxygen atoms in total. The van der Waals surface area contributed by atoms with Crippen LogP contribution in [0.25, 0.3) is 0 Å². The Morgan fingerprint density at radius 2 is 1.88 bits per heavy atom. The van der Waals surface area contributed by atoms with E-state index in [-0.39, 0.29) is 17.5 Å². The van der Waals surface area contributed by atoms with Gasteiger partial charge in [0, 0.05) is 50.4 Å². The fourth-order valence-electron chi connectivity index (χ4n) is 3.38. The van der Waals surface area contributed by atoms with E-state index in [0.29, 0.717) is 38.2 Å². The number of aromatic nitrogens is 2. The molecular formula is C19H24N4O3. The summed E-state index contributed by atoms with van der Waals surface area (Å²) in [4.78, 5) is 44.6. The van der Waals surface area contributed by atoms with Crippen molar-refractivity contribution >= 4 is 5.91 Å². The maximum Gasteiger partial charge on any atom is 0.325 e. The molecule has 0 aliphatic carbocycles. The van der Waals surface area contributed by atoms with Gasteiger partial charge in [-0.1, -0.05) is 37.3 Å². The van der Waals surface area contributed by atoms with Crippen LogP contribution in [-0.4, -0.2) is 44.8 Å². The van der Waals surface area contributed by atoms with E-state index in [2.05, 4.69) is 21.8 Å². The molecule has 0 radical (unpaired) electrons. The number of benzene rings is 1. The van der Waals surface area contributed by atoms with Gasteiger partial charge in [0.15, 0.2) is 0 Å². The first-order valence-electron chi connectivity index (χ1n) is 8.93. The number of nitrogens with one attached hydrogen (secondary N) is 2. The molecule has 0 saturated carbocycles. The zero-order valence-corrected chi connectivity index (χ0v) is 14.9. The van der Waals surface area contributed by atoms with Gasteiger partial charge in [-0.15, -0.1) is 0 Å². The highest BCUT2D eigenvalue weighted by molar-refractivity contribution is 5.77. The van der Waals surface area contributed by atoms with E-state index in [1.165, 1.54) is 6.20 Å². The number of H-pyrrole nitrogens is 2. The summed E-state index contributed by atoms with van der Waals surface area (Å²) >= 11 is 0. The number of nitrogens with zero attached hydrogens (tertiary/aromatic N) is 2. The predicted molar refractivity (Wildman–Crippen MR) is 98.6 cm³/mol. The third-order valence-corrected chi connectivity index (χ3v) is 4.83. The van der Waals surface area contributed by atoms with Crippen LogP contribution >= 0.6 is 0 Å². The van der Waals surface area contributed by atoms with Crippen molar-refractivity contribution in [2.45, 2.75) is 38.9 Å². The third kappa shape index (κ3) is 4.29. The molecule has 1 unspecified atom stereocenters. The van der Waals surface area contributed by atoms with E-state index in [9.17, 15) is 14.4 Å². The Kier molecular flexibility index (Phi) is 5.68. The second-order valence-electron chi connectivity index (χ2n) is 6.65. The van der Waals surface area contributed by atoms with Gasteiger partial charge in [-0.2, -0.15) is 0 Å². The maximum absolute atomic E-state index is 12.7. The average molecular weight is 356 g/mol. The largest absolute Gasteiger partial charge is 0.334 e. The Morgan fingerprint density at radius 1 is 1.12 bits per heavy atom. The molecule has 0 spiro atoms. The van der Waals surface area contributed by atoms with Gasteiger partial charge >= 0.3 is 5.69 Å². The summed E-state index contributed by atoms with van der Waals surface area (Å²) < 4.78 is 0. The van der Waals surface area contributed by atoms with Gasteiger partial charge < -0.3 is 9.88 Å². The first-order chi connectivity index (χ1) is 12.6. The molecule has 1 atom stereocenters. The Hall–Kier alpha value is -2.67. The van der Waals surface area contributed by atoms with Crippen molar-refractivity contribution in [2.75, 3.05) is 13.1 Å². The first-order valence-corrected chi connectivity index (χ1v) is 8.93. The standard InChI is InChI=1S/C19H24N4O3/c1-2-16-13-22(12-15-10-20-19(26)21-18(15)25)9-8-17(24)23(16)11-14-6-4-3-5-7-14/h3-7,10,16H,2,8-9,11-13H2,1H3,(H2,20,21,25,26). The van der Waals surface area contributed by atoms with Crippen LogP contribution in [0.2, 0.25) is 0 Å². The molecule has 1 aromatic heterocycles.